The second-order valence-electron chi connectivity index (χ2n) is 11.2. The van der Waals surface area contributed by atoms with Crippen molar-refractivity contribution in [3.8, 4) is 11.1 Å². The first-order chi connectivity index (χ1) is 20.6. The highest BCUT2D eigenvalue weighted by Gasteiger charge is 2.30. The molecule has 1 fully saturated rings. The van der Waals surface area contributed by atoms with Gasteiger partial charge in [0.25, 0.3) is 11.8 Å². The molecule has 9 heteroatoms. The lowest BCUT2D eigenvalue weighted by Crippen LogP contribution is -2.39. The number of rotatable bonds is 9. The molecule has 4 aromatic rings. The number of halogens is 4. The number of aromatic amines is 1. The summed E-state index contributed by atoms with van der Waals surface area (Å²) < 4.78 is 57.0. The molecule has 5 rings (SSSR count). The fraction of sp³-hybridized carbons (Fsp3) is 0.353. The van der Waals surface area contributed by atoms with E-state index < -0.39 is 12.5 Å². The maximum Gasteiger partial charge on any atom is 0.320 e. The van der Waals surface area contributed by atoms with Gasteiger partial charge in [-0.2, -0.15) is 8.78 Å². The number of allylic oxidation sites excluding steroid dienone is 1. The molecule has 1 aliphatic heterocycles. The van der Waals surface area contributed by atoms with E-state index in [2.05, 4.69) is 16.9 Å². The molecule has 43 heavy (non-hydrogen) atoms. The predicted octanol–water partition coefficient (Wildman–Crippen LogP) is 8.99. The van der Waals surface area contributed by atoms with Gasteiger partial charge < -0.3 is 9.88 Å². The number of para-hydroxylation sites is 2. The topological polar surface area (TPSA) is 53.9 Å². The van der Waals surface area contributed by atoms with Gasteiger partial charge in [-0.25, -0.2) is 13.8 Å². The van der Waals surface area contributed by atoms with Gasteiger partial charge in [-0.3, -0.25) is 9.36 Å². The number of unbranched alkanes of at least 4 members (excludes halogenated alkanes) is 1. The molecule has 2 aromatic carbocycles. The number of benzene rings is 2. The van der Waals surface area contributed by atoms with Gasteiger partial charge in [-0.05, 0) is 61.6 Å². The van der Waals surface area contributed by atoms with E-state index in [0.29, 0.717) is 59.6 Å². The van der Waals surface area contributed by atoms with Crippen LogP contribution in [0.3, 0.4) is 0 Å². The van der Waals surface area contributed by atoms with Gasteiger partial charge in [0, 0.05) is 54.5 Å². The number of hydrogen-bond donors (Lipinski definition) is 1. The molecule has 3 heterocycles. The largest absolute Gasteiger partial charge is 0.361 e. The average Bonchev–Trinajstić information content (AvgIpc) is 3.56. The molecule has 0 atom stereocenters. The summed E-state index contributed by atoms with van der Waals surface area (Å²) in [5, 5.41) is 0. The third-order valence-corrected chi connectivity index (χ3v) is 8.13. The Morgan fingerprint density at radius 3 is 2.58 bits per heavy atom. The Morgan fingerprint density at radius 1 is 1.14 bits per heavy atom. The van der Waals surface area contributed by atoms with Gasteiger partial charge in [0.2, 0.25) is 0 Å². The Kier molecular flexibility index (Phi) is 8.89. The van der Waals surface area contributed by atoms with Crippen LogP contribution in [0, 0.1) is 6.92 Å². The van der Waals surface area contributed by atoms with Crippen molar-refractivity contribution in [2.45, 2.75) is 64.8 Å². The van der Waals surface area contributed by atoms with E-state index in [1.807, 2.05) is 19.1 Å². The summed E-state index contributed by atoms with van der Waals surface area (Å²) in [7, 11) is 0. The van der Waals surface area contributed by atoms with E-state index >= 15 is 0 Å². The van der Waals surface area contributed by atoms with Crippen LogP contribution in [0.4, 0.5) is 17.6 Å². The first kappa shape index (κ1) is 30.3. The van der Waals surface area contributed by atoms with Crippen LogP contribution in [-0.2, 0) is 10.7 Å². The summed E-state index contributed by atoms with van der Waals surface area (Å²) in [6.07, 6.45) is 10.2. The van der Waals surface area contributed by atoms with Crippen molar-refractivity contribution < 1.29 is 22.4 Å². The van der Waals surface area contributed by atoms with E-state index in [4.69, 9.17) is 0 Å². The van der Waals surface area contributed by atoms with Gasteiger partial charge in [-0.1, -0.05) is 55.8 Å². The standard InChI is InChI=1S/C34H36F4N4O/c1-4-5-6-10-25(20-29-22(2)27(21-39-29)24-11-9-12-26(19-24)34(3,37)38)32(43)41-17-15-23(16-18-41)31-40-28-13-7-8-14-30(28)42(31)33(35)36/h6-14,19-21,23,33,39H,4-5,15-18H2,1-3H3/b10-6+,25-20+. The number of H-pyrrole nitrogens is 1. The molecule has 1 aliphatic rings. The molecule has 5 nitrogen and oxygen atoms in total. The maximum atomic E-state index is 14.0. The zero-order valence-electron chi connectivity index (χ0n) is 24.6. The summed E-state index contributed by atoms with van der Waals surface area (Å²) in [5.41, 5.74) is 4.39. The maximum absolute atomic E-state index is 14.0. The summed E-state index contributed by atoms with van der Waals surface area (Å²) >= 11 is 0. The van der Waals surface area contributed by atoms with Gasteiger partial charge >= 0.3 is 6.55 Å². The molecule has 0 aliphatic carbocycles. The van der Waals surface area contributed by atoms with E-state index in [1.165, 1.54) is 12.1 Å². The molecule has 1 N–H and O–H groups in total. The van der Waals surface area contributed by atoms with Crippen LogP contribution in [0.1, 0.15) is 74.6 Å². The van der Waals surface area contributed by atoms with Crippen molar-refractivity contribution in [2.24, 2.45) is 0 Å². The second-order valence-corrected chi connectivity index (χ2v) is 11.2. The van der Waals surface area contributed by atoms with Crippen LogP contribution in [-0.4, -0.2) is 38.4 Å². The predicted molar refractivity (Wildman–Crippen MR) is 162 cm³/mol. The number of alkyl halides is 4. The molecular weight excluding hydrogens is 556 g/mol. The molecule has 1 amide bonds. The van der Waals surface area contributed by atoms with Crippen LogP contribution < -0.4 is 0 Å². The Hall–Kier alpha value is -4.14. The zero-order chi connectivity index (χ0) is 30.7. The number of imidazole rings is 1. The fourth-order valence-corrected chi connectivity index (χ4v) is 5.71. The van der Waals surface area contributed by atoms with Crippen molar-refractivity contribution in [1.29, 1.82) is 0 Å². The Labute approximate surface area is 248 Å². The highest BCUT2D eigenvalue weighted by atomic mass is 19.3. The first-order valence-electron chi connectivity index (χ1n) is 14.7. The minimum atomic E-state index is -2.95. The van der Waals surface area contributed by atoms with Gasteiger partial charge in [0.15, 0.2) is 0 Å². The number of aromatic nitrogens is 3. The number of fused-ring (bicyclic) bond motifs is 1. The van der Waals surface area contributed by atoms with E-state index in [1.54, 1.807) is 53.6 Å². The van der Waals surface area contributed by atoms with Crippen LogP contribution >= 0.6 is 0 Å². The zero-order valence-corrected chi connectivity index (χ0v) is 24.6. The van der Waals surface area contributed by atoms with Crippen molar-refractivity contribution in [1.82, 2.24) is 19.4 Å². The molecule has 0 saturated carbocycles. The third-order valence-electron chi connectivity index (χ3n) is 8.13. The van der Waals surface area contributed by atoms with Gasteiger partial charge in [0.1, 0.15) is 5.82 Å². The summed E-state index contributed by atoms with van der Waals surface area (Å²) in [4.78, 5) is 23.3. The first-order valence-corrected chi connectivity index (χ1v) is 14.7. The van der Waals surface area contributed by atoms with Crippen LogP contribution in [0.2, 0.25) is 0 Å². The van der Waals surface area contributed by atoms with Crippen molar-refractivity contribution in [2.75, 3.05) is 13.1 Å². The SMILES string of the molecule is CCC/C=C/C(=C\c1[nH]cc(-c2cccc(C(C)(F)F)c2)c1C)C(=O)N1CCC(c2nc3ccccc3n2C(F)F)CC1. The third kappa shape index (κ3) is 6.45. The number of carbonyl (C=O) groups is 1. The quantitative estimate of drug-likeness (QED) is 0.120. The number of nitrogens with zero attached hydrogens (tertiary/aromatic N) is 3. The lowest BCUT2D eigenvalue weighted by Gasteiger charge is -2.32. The minimum Gasteiger partial charge on any atom is -0.361 e. The molecule has 2 aromatic heterocycles. The fourth-order valence-electron chi connectivity index (χ4n) is 5.71. The summed E-state index contributed by atoms with van der Waals surface area (Å²) in [6, 6.07) is 13.2. The number of amides is 1. The van der Waals surface area contributed by atoms with Crippen LogP contribution in [0.15, 0.2) is 72.5 Å². The molecule has 0 bridgehead atoms. The second kappa shape index (κ2) is 12.6. The van der Waals surface area contributed by atoms with Gasteiger partial charge in [0.05, 0.1) is 11.0 Å². The lowest BCUT2D eigenvalue weighted by atomic mass is 9.95. The highest BCUT2D eigenvalue weighted by Crippen LogP contribution is 2.35. The Bertz CT molecular complexity index is 1650. The molecule has 0 spiro atoms. The monoisotopic (exact) mass is 592 g/mol. The molecular formula is C34H36F4N4O. The number of hydrogen-bond acceptors (Lipinski definition) is 2. The van der Waals surface area contributed by atoms with Crippen LogP contribution in [0.25, 0.3) is 28.2 Å². The van der Waals surface area contributed by atoms with E-state index in [9.17, 15) is 22.4 Å². The number of carbonyl (C=O) groups excluding carboxylic acids is 1. The molecule has 226 valence electrons. The summed E-state index contributed by atoms with van der Waals surface area (Å²) in [5.74, 6) is -2.92. The van der Waals surface area contributed by atoms with Crippen LogP contribution in [0.5, 0.6) is 0 Å². The van der Waals surface area contributed by atoms with E-state index in [0.717, 1.165) is 35.5 Å². The number of likely N-dealkylation sites (tertiary alicyclic amines) is 1. The van der Waals surface area contributed by atoms with Crippen molar-refractivity contribution in [3.05, 3.63) is 95.1 Å². The lowest BCUT2D eigenvalue weighted by molar-refractivity contribution is -0.127. The molecule has 0 radical (unpaired) electrons. The normalized spacial score (nSPS) is 15.3. The van der Waals surface area contributed by atoms with Crippen molar-refractivity contribution in [3.63, 3.8) is 0 Å². The molecule has 1 saturated heterocycles. The summed E-state index contributed by atoms with van der Waals surface area (Å²) in [6.45, 7) is 2.97. The smallest absolute Gasteiger partial charge is 0.320 e. The van der Waals surface area contributed by atoms with Crippen molar-refractivity contribution >= 4 is 23.0 Å². The highest BCUT2D eigenvalue weighted by molar-refractivity contribution is 6.01. The number of nitrogens with one attached hydrogen (secondary N) is 1. The van der Waals surface area contributed by atoms with Gasteiger partial charge in [-0.15, -0.1) is 0 Å². The Balaban J connectivity index is 1.38. The number of piperidine rings is 1. The Morgan fingerprint density at radius 2 is 1.88 bits per heavy atom. The minimum absolute atomic E-state index is 0.0615. The molecule has 0 unspecified atom stereocenters. The van der Waals surface area contributed by atoms with E-state index in [-0.39, 0.29) is 17.4 Å². The average molecular weight is 593 g/mol.